The molecule has 1 rings (SSSR count). The second-order valence-electron chi connectivity index (χ2n) is 3.23. The van der Waals surface area contributed by atoms with Gasteiger partial charge in [-0.25, -0.2) is 0 Å². The number of nitro benzene ring substituents is 1. The van der Waals surface area contributed by atoms with E-state index in [0.717, 1.165) is 0 Å². The Bertz CT molecular complexity index is 367. The van der Waals surface area contributed by atoms with Gasteiger partial charge in [0.05, 0.1) is 11.5 Å². The van der Waals surface area contributed by atoms with Crippen LogP contribution < -0.4 is 5.73 Å². The molecule has 82 valence electrons. The molecule has 15 heavy (non-hydrogen) atoms. The number of aliphatic hydroxyl groups is 1. The summed E-state index contributed by atoms with van der Waals surface area (Å²) in [5.41, 5.74) is 5.75. The normalized spacial score (nSPS) is 12.4. The Hall–Kier alpha value is -1.66. The largest absolute Gasteiger partial charge is 0.502 e. The summed E-state index contributed by atoms with van der Waals surface area (Å²) < 4.78 is 0. The molecule has 1 atom stereocenters. The fraction of sp³-hybridized carbons (Fsp3) is 0.333. The minimum atomic E-state index is -0.663. The summed E-state index contributed by atoms with van der Waals surface area (Å²) in [5.74, 6) is -0.374. The third kappa shape index (κ3) is 2.90. The lowest BCUT2D eigenvalue weighted by Gasteiger charge is -2.07. The molecule has 0 saturated heterocycles. The molecule has 0 aliphatic carbocycles. The van der Waals surface area contributed by atoms with E-state index < -0.39 is 11.0 Å². The molecule has 4 N–H and O–H groups in total. The second-order valence-corrected chi connectivity index (χ2v) is 3.23. The number of hydrogen-bond acceptors (Lipinski definition) is 5. The molecule has 0 aliphatic heterocycles. The molecule has 0 radical (unpaired) electrons. The molecule has 6 heteroatoms. The standard InChI is InChI=1S/C9H12N2O4/c10-7(5-12)3-6-1-2-9(13)8(4-6)11(14)15/h1-2,4,7,12-13H,3,5,10H2/t7-/m0/s1. The van der Waals surface area contributed by atoms with E-state index in [1.807, 2.05) is 0 Å². The molecule has 0 unspecified atom stereocenters. The van der Waals surface area contributed by atoms with Crippen LogP contribution in [0.2, 0.25) is 0 Å². The Labute approximate surface area is 86.1 Å². The molecule has 0 saturated carbocycles. The van der Waals surface area contributed by atoms with E-state index in [2.05, 4.69) is 0 Å². The van der Waals surface area contributed by atoms with E-state index in [4.69, 9.17) is 10.8 Å². The highest BCUT2D eigenvalue weighted by atomic mass is 16.6. The molecule has 0 aliphatic rings. The highest BCUT2D eigenvalue weighted by molar-refractivity contribution is 5.47. The van der Waals surface area contributed by atoms with Crippen LogP contribution >= 0.6 is 0 Å². The van der Waals surface area contributed by atoms with Crippen molar-refractivity contribution in [3.8, 4) is 5.75 Å². The summed E-state index contributed by atoms with van der Waals surface area (Å²) in [6.45, 7) is -0.186. The number of rotatable bonds is 4. The van der Waals surface area contributed by atoms with Gasteiger partial charge >= 0.3 is 5.69 Å². The molecule has 0 aromatic heterocycles. The summed E-state index contributed by atoms with van der Waals surface area (Å²) >= 11 is 0. The number of nitro groups is 1. The van der Waals surface area contributed by atoms with Crippen LogP contribution in [0.25, 0.3) is 0 Å². The van der Waals surface area contributed by atoms with Gasteiger partial charge in [0.25, 0.3) is 0 Å². The average molecular weight is 212 g/mol. The summed E-state index contributed by atoms with van der Waals surface area (Å²) in [5, 5.41) is 28.4. The van der Waals surface area contributed by atoms with E-state index in [1.165, 1.54) is 18.2 Å². The van der Waals surface area contributed by atoms with Gasteiger partial charge in [-0.3, -0.25) is 10.1 Å². The van der Waals surface area contributed by atoms with Crippen molar-refractivity contribution >= 4 is 5.69 Å². The Morgan fingerprint density at radius 2 is 2.20 bits per heavy atom. The van der Waals surface area contributed by atoms with Crippen molar-refractivity contribution < 1.29 is 15.1 Å². The van der Waals surface area contributed by atoms with Crippen LogP contribution in [0.4, 0.5) is 5.69 Å². The average Bonchev–Trinajstić information content (AvgIpc) is 2.20. The monoisotopic (exact) mass is 212 g/mol. The Morgan fingerprint density at radius 3 is 2.73 bits per heavy atom. The zero-order valence-corrected chi connectivity index (χ0v) is 7.96. The van der Waals surface area contributed by atoms with E-state index >= 15 is 0 Å². The first-order valence-electron chi connectivity index (χ1n) is 4.37. The fourth-order valence-electron chi connectivity index (χ4n) is 1.21. The third-order valence-electron chi connectivity index (χ3n) is 1.97. The van der Waals surface area contributed by atoms with Gasteiger partial charge in [-0.2, -0.15) is 0 Å². The molecule has 0 amide bonds. The quantitative estimate of drug-likeness (QED) is 0.486. The molecular weight excluding hydrogens is 200 g/mol. The van der Waals surface area contributed by atoms with Crippen LogP contribution in [0, 0.1) is 10.1 Å². The van der Waals surface area contributed by atoms with Gasteiger partial charge in [0.2, 0.25) is 0 Å². The lowest BCUT2D eigenvalue weighted by Crippen LogP contribution is -2.26. The molecule has 1 aromatic carbocycles. The molecule has 0 bridgehead atoms. The minimum absolute atomic E-state index is 0.186. The second kappa shape index (κ2) is 4.72. The fourth-order valence-corrected chi connectivity index (χ4v) is 1.21. The third-order valence-corrected chi connectivity index (χ3v) is 1.97. The predicted molar refractivity (Wildman–Crippen MR) is 53.5 cm³/mol. The molecular formula is C9H12N2O4. The number of nitrogens with zero attached hydrogens (tertiary/aromatic N) is 1. The maximum absolute atomic E-state index is 10.5. The van der Waals surface area contributed by atoms with Crippen molar-refractivity contribution in [3.63, 3.8) is 0 Å². The first-order chi connectivity index (χ1) is 7.04. The highest BCUT2D eigenvalue weighted by Gasteiger charge is 2.14. The molecule has 1 aromatic rings. The predicted octanol–water partition coefficient (Wildman–Crippen LogP) is 0.162. The van der Waals surface area contributed by atoms with Gasteiger partial charge in [0.1, 0.15) is 0 Å². The number of aliphatic hydroxyl groups excluding tert-OH is 1. The molecule has 0 fully saturated rings. The lowest BCUT2D eigenvalue weighted by molar-refractivity contribution is -0.385. The van der Waals surface area contributed by atoms with E-state index in [0.29, 0.717) is 12.0 Å². The maximum atomic E-state index is 10.5. The zero-order valence-electron chi connectivity index (χ0n) is 7.96. The Balaban J connectivity index is 2.92. The van der Waals surface area contributed by atoms with Gasteiger partial charge in [-0.15, -0.1) is 0 Å². The number of hydrogen-bond donors (Lipinski definition) is 3. The van der Waals surface area contributed by atoms with Crippen LogP contribution in [0.5, 0.6) is 5.75 Å². The molecule has 0 heterocycles. The molecule has 6 nitrogen and oxygen atoms in total. The number of aromatic hydroxyl groups is 1. The zero-order chi connectivity index (χ0) is 11.4. The minimum Gasteiger partial charge on any atom is -0.502 e. The van der Waals surface area contributed by atoms with Gasteiger partial charge in [0, 0.05) is 12.1 Å². The van der Waals surface area contributed by atoms with Crippen LogP contribution in [0.3, 0.4) is 0 Å². The van der Waals surface area contributed by atoms with Crippen molar-refractivity contribution in [2.75, 3.05) is 6.61 Å². The van der Waals surface area contributed by atoms with Gasteiger partial charge in [-0.1, -0.05) is 6.07 Å². The Morgan fingerprint density at radius 1 is 1.53 bits per heavy atom. The van der Waals surface area contributed by atoms with E-state index in [1.54, 1.807) is 0 Å². The van der Waals surface area contributed by atoms with E-state index in [-0.39, 0.29) is 18.0 Å². The number of nitrogens with two attached hydrogens (primary N) is 1. The van der Waals surface area contributed by atoms with Crippen molar-refractivity contribution in [1.82, 2.24) is 0 Å². The first-order valence-corrected chi connectivity index (χ1v) is 4.37. The lowest BCUT2D eigenvalue weighted by atomic mass is 10.1. The summed E-state index contributed by atoms with van der Waals surface area (Å²) in [6.07, 6.45) is 0.331. The summed E-state index contributed by atoms with van der Waals surface area (Å²) in [4.78, 5) is 9.83. The van der Waals surface area contributed by atoms with Crippen molar-refractivity contribution in [3.05, 3.63) is 33.9 Å². The number of benzene rings is 1. The van der Waals surface area contributed by atoms with E-state index in [9.17, 15) is 15.2 Å². The van der Waals surface area contributed by atoms with Crippen molar-refractivity contribution in [1.29, 1.82) is 0 Å². The number of phenolic OH excluding ortho intramolecular Hbond substituents is 1. The first kappa shape index (κ1) is 11.4. The smallest absolute Gasteiger partial charge is 0.310 e. The van der Waals surface area contributed by atoms with Crippen LogP contribution in [-0.4, -0.2) is 27.8 Å². The number of phenols is 1. The summed E-state index contributed by atoms with van der Waals surface area (Å²) in [6, 6.07) is 3.59. The van der Waals surface area contributed by atoms with Crippen LogP contribution in [0.15, 0.2) is 18.2 Å². The van der Waals surface area contributed by atoms with Crippen LogP contribution in [-0.2, 0) is 6.42 Å². The summed E-state index contributed by atoms with van der Waals surface area (Å²) in [7, 11) is 0. The highest BCUT2D eigenvalue weighted by Crippen LogP contribution is 2.26. The van der Waals surface area contributed by atoms with Crippen LogP contribution in [0.1, 0.15) is 5.56 Å². The van der Waals surface area contributed by atoms with Gasteiger partial charge < -0.3 is 15.9 Å². The van der Waals surface area contributed by atoms with Gasteiger partial charge in [0.15, 0.2) is 5.75 Å². The van der Waals surface area contributed by atoms with Gasteiger partial charge in [-0.05, 0) is 18.1 Å². The SMILES string of the molecule is N[C@H](CO)Cc1ccc(O)c([N+](=O)[O-])c1. The molecule has 0 spiro atoms. The topological polar surface area (TPSA) is 110 Å². The van der Waals surface area contributed by atoms with Crippen molar-refractivity contribution in [2.24, 2.45) is 5.73 Å². The van der Waals surface area contributed by atoms with Crippen molar-refractivity contribution in [2.45, 2.75) is 12.5 Å². The Kier molecular flexibility index (Phi) is 3.59. The maximum Gasteiger partial charge on any atom is 0.310 e.